The van der Waals surface area contributed by atoms with Crippen LogP contribution in [0.5, 0.6) is 0 Å². The molecule has 2 aliphatic rings. The quantitative estimate of drug-likeness (QED) is 0.787. The predicted molar refractivity (Wildman–Crippen MR) is 92.9 cm³/mol. The van der Waals surface area contributed by atoms with E-state index < -0.39 is 11.6 Å². The number of fused-ring (bicyclic) bond motifs is 2. The number of ether oxygens (including phenoxy) is 2. The summed E-state index contributed by atoms with van der Waals surface area (Å²) in [6.45, 7) is 6.79. The first-order chi connectivity index (χ1) is 11.8. The van der Waals surface area contributed by atoms with Gasteiger partial charge in [-0.25, -0.2) is 4.79 Å². The van der Waals surface area contributed by atoms with Crippen molar-refractivity contribution in [3.63, 3.8) is 0 Å². The molecule has 2 bridgehead atoms. The van der Waals surface area contributed by atoms with E-state index >= 15 is 0 Å². The first-order valence-corrected chi connectivity index (χ1v) is 8.67. The molecule has 2 fully saturated rings. The van der Waals surface area contributed by atoms with Crippen LogP contribution >= 0.6 is 0 Å². The van der Waals surface area contributed by atoms with Crippen molar-refractivity contribution in [2.45, 2.75) is 57.5 Å². The first kappa shape index (κ1) is 17.7. The molecule has 1 aromatic rings. The SMILES string of the molecule is COC(=O)[C@H]1[C@H]2C[C@H](CN2C(=O)OC(C)(C)C)N1Cc1ccccc1. The van der Waals surface area contributed by atoms with Gasteiger partial charge >= 0.3 is 12.1 Å². The van der Waals surface area contributed by atoms with Gasteiger partial charge in [-0.3, -0.25) is 9.69 Å². The zero-order valence-electron chi connectivity index (χ0n) is 15.3. The molecule has 0 unspecified atom stereocenters. The number of nitrogens with zero attached hydrogens (tertiary/aromatic N) is 2. The molecule has 2 aliphatic heterocycles. The average Bonchev–Trinajstić information content (AvgIpc) is 3.12. The number of benzene rings is 1. The fraction of sp³-hybridized carbons (Fsp3) is 0.579. The maximum Gasteiger partial charge on any atom is 0.410 e. The van der Waals surface area contributed by atoms with Crippen molar-refractivity contribution in [2.75, 3.05) is 13.7 Å². The monoisotopic (exact) mass is 346 g/mol. The summed E-state index contributed by atoms with van der Waals surface area (Å²) in [5.41, 5.74) is 0.594. The van der Waals surface area contributed by atoms with Crippen LogP contribution in [-0.2, 0) is 20.8 Å². The van der Waals surface area contributed by atoms with Gasteiger partial charge in [0.2, 0.25) is 0 Å². The Bertz CT molecular complexity index is 641. The van der Waals surface area contributed by atoms with Gasteiger partial charge in [0.1, 0.15) is 11.6 Å². The molecule has 3 atom stereocenters. The summed E-state index contributed by atoms with van der Waals surface area (Å²) < 4.78 is 10.5. The Morgan fingerprint density at radius 2 is 1.88 bits per heavy atom. The summed E-state index contributed by atoms with van der Waals surface area (Å²) in [5.74, 6) is -0.295. The van der Waals surface area contributed by atoms with Crippen LogP contribution in [0.25, 0.3) is 0 Å². The standard InChI is InChI=1S/C19H26N2O4/c1-19(2,3)25-18(23)21-12-14-10-15(21)16(17(22)24-4)20(14)11-13-8-6-5-7-9-13/h5-9,14-16H,10-12H2,1-4H3/t14-,15-,16-/m1/s1. The minimum atomic E-state index is -0.552. The summed E-state index contributed by atoms with van der Waals surface area (Å²) >= 11 is 0. The van der Waals surface area contributed by atoms with Gasteiger partial charge in [0.05, 0.1) is 13.2 Å². The molecule has 0 aromatic heterocycles. The Morgan fingerprint density at radius 3 is 2.48 bits per heavy atom. The average molecular weight is 346 g/mol. The fourth-order valence-electron chi connectivity index (χ4n) is 3.80. The second-order valence-corrected chi connectivity index (χ2v) is 7.72. The van der Waals surface area contributed by atoms with Crippen LogP contribution in [0.3, 0.4) is 0 Å². The molecule has 2 saturated heterocycles. The minimum Gasteiger partial charge on any atom is -0.468 e. The molecule has 1 aromatic carbocycles. The smallest absolute Gasteiger partial charge is 0.410 e. The predicted octanol–water partition coefficient (Wildman–Crippen LogP) is 2.42. The van der Waals surface area contributed by atoms with Crippen molar-refractivity contribution in [3.05, 3.63) is 35.9 Å². The molecule has 0 spiro atoms. The summed E-state index contributed by atoms with van der Waals surface area (Å²) in [6, 6.07) is 9.54. The van der Waals surface area contributed by atoms with E-state index in [4.69, 9.17) is 9.47 Å². The third-order valence-electron chi connectivity index (χ3n) is 4.79. The molecule has 3 rings (SSSR count). The summed E-state index contributed by atoms with van der Waals surface area (Å²) in [7, 11) is 1.40. The molecule has 1 amide bonds. The van der Waals surface area contributed by atoms with Gasteiger partial charge in [-0.1, -0.05) is 30.3 Å². The number of hydrogen-bond donors (Lipinski definition) is 0. The molecular formula is C19H26N2O4. The molecule has 0 radical (unpaired) electrons. The second kappa shape index (κ2) is 6.67. The highest BCUT2D eigenvalue weighted by Gasteiger charge is 2.55. The van der Waals surface area contributed by atoms with E-state index in [2.05, 4.69) is 4.90 Å². The largest absolute Gasteiger partial charge is 0.468 e. The number of amides is 1. The van der Waals surface area contributed by atoms with Crippen LogP contribution < -0.4 is 0 Å². The van der Waals surface area contributed by atoms with E-state index in [-0.39, 0.29) is 24.1 Å². The van der Waals surface area contributed by atoms with Gasteiger partial charge in [-0.05, 0) is 32.8 Å². The van der Waals surface area contributed by atoms with Crippen molar-refractivity contribution in [3.8, 4) is 0 Å². The molecule has 6 nitrogen and oxygen atoms in total. The molecule has 0 aliphatic carbocycles. The molecule has 0 saturated carbocycles. The summed E-state index contributed by atoms with van der Waals surface area (Å²) in [6.07, 6.45) is 0.416. The van der Waals surface area contributed by atoms with Gasteiger partial charge in [-0.2, -0.15) is 0 Å². The van der Waals surface area contributed by atoms with Crippen molar-refractivity contribution in [1.82, 2.24) is 9.80 Å². The molecule has 0 N–H and O–H groups in total. The van der Waals surface area contributed by atoms with Crippen LogP contribution in [0.2, 0.25) is 0 Å². The number of rotatable bonds is 3. The topological polar surface area (TPSA) is 59.1 Å². The summed E-state index contributed by atoms with van der Waals surface area (Å²) in [5, 5.41) is 0. The van der Waals surface area contributed by atoms with Crippen LogP contribution in [0, 0.1) is 0 Å². The molecular weight excluding hydrogens is 320 g/mol. The third-order valence-corrected chi connectivity index (χ3v) is 4.79. The van der Waals surface area contributed by atoms with E-state index in [1.807, 2.05) is 51.1 Å². The second-order valence-electron chi connectivity index (χ2n) is 7.72. The van der Waals surface area contributed by atoms with Crippen molar-refractivity contribution >= 4 is 12.1 Å². The Hall–Kier alpha value is -2.08. The zero-order valence-corrected chi connectivity index (χ0v) is 15.3. The Balaban J connectivity index is 1.78. The van der Waals surface area contributed by atoms with Crippen molar-refractivity contribution < 1.29 is 19.1 Å². The van der Waals surface area contributed by atoms with Gasteiger partial charge < -0.3 is 14.4 Å². The van der Waals surface area contributed by atoms with Crippen molar-refractivity contribution in [1.29, 1.82) is 0 Å². The van der Waals surface area contributed by atoms with Gasteiger partial charge in [-0.15, -0.1) is 0 Å². The zero-order chi connectivity index (χ0) is 18.2. The molecule has 136 valence electrons. The Morgan fingerprint density at radius 1 is 1.20 bits per heavy atom. The first-order valence-electron chi connectivity index (χ1n) is 8.67. The van der Waals surface area contributed by atoms with Gasteiger partial charge in [0.25, 0.3) is 0 Å². The molecule has 2 heterocycles. The lowest BCUT2D eigenvalue weighted by molar-refractivity contribution is -0.149. The minimum absolute atomic E-state index is 0.141. The van der Waals surface area contributed by atoms with Crippen LogP contribution in [0.15, 0.2) is 30.3 Å². The van der Waals surface area contributed by atoms with Gasteiger partial charge in [0, 0.05) is 19.1 Å². The number of hydrogen-bond acceptors (Lipinski definition) is 5. The lowest BCUT2D eigenvalue weighted by atomic mass is 10.1. The van der Waals surface area contributed by atoms with Crippen LogP contribution in [-0.4, -0.2) is 59.2 Å². The van der Waals surface area contributed by atoms with Crippen LogP contribution in [0.4, 0.5) is 4.79 Å². The van der Waals surface area contributed by atoms with E-state index in [0.717, 1.165) is 12.0 Å². The molecule has 6 heteroatoms. The highest BCUT2D eigenvalue weighted by Crippen LogP contribution is 2.38. The number of piperazine rings is 1. The number of carbonyl (C=O) groups is 2. The number of likely N-dealkylation sites (tertiary alicyclic amines) is 2. The van der Waals surface area contributed by atoms with E-state index in [1.165, 1.54) is 7.11 Å². The Kier molecular flexibility index (Phi) is 4.73. The molecule has 25 heavy (non-hydrogen) atoms. The van der Waals surface area contributed by atoms with Gasteiger partial charge in [0.15, 0.2) is 0 Å². The lowest BCUT2D eigenvalue weighted by Crippen LogP contribution is -2.58. The number of esters is 1. The Labute approximate surface area is 148 Å². The van der Waals surface area contributed by atoms with E-state index in [0.29, 0.717) is 13.1 Å². The summed E-state index contributed by atoms with van der Waals surface area (Å²) in [4.78, 5) is 28.8. The number of carbonyl (C=O) groups excluding carboxylic acids is 2. The normalized spacial score (nSPS) is 25.9. The van der Waals surface area contributed by atoms with Crippen LogP contribution in [0.1, 0.15) is 32.8 Å². The van der Waals surface area contributed by atoms with E-state index in [1.54, 1.807) is 4.90 Å². The lowest BCUT2D eigenvalue weighted by Gasteiger charge is -2.39. The fourth-order valence-corrected chi connectivity index (χ4v) is 3.80. The third kappa shape index (κ3) is 3.63. The van der Waals surface area contributed by atoms with E-state index in [9.17, 15) is 9.59 Å². The maximum atomic E-state index is 12.5. The van der Waals surface area contributed by atoms with Crippen molar-refractivity contribution in [2.24, 2.45) is 0 Å². The number of methoxy groups -OCH3 is 1. The highest BCUT2D eigenvalue weighted by atomic mass is 16.6. The maximum absolute atomic E-state index is 12.5. The highest BCUT2D eigenvalue weighted by molar-refractivity contribution is 5.80.